The van der Waals surface area contributed by atoms with Crippen LogP contribution in [0.3, 0.4) is 0 Å². The maximum Gasteiger partial charge on any atom is 0.311 e. The number of esters is 4. The van der Waals surface area contributed by atoms with Crippen LogP contribution in [0.15, 0.2) is 24.3 Å². The van der Waals surface area contributed by atoms with E-state index in [-0.39, 0.29) is 48.6 Å². The fraction of sp³-hybridized carbons (Fsp3) is 0.828. The largest absolute Gasteiger partial charge is 0.462 e. The second-order valence-corrected chi connectivity index (χ2v) is 26.1. The first-order valence-electron chi connectivity index (χ1n) is 28.2. The molecule has 0 N–H and O–H groups in total. The number of carbonyl (C=O) groups excluding carboxylic acids is 4. The molecule has 0 spiro atoms. The van der Waals surface area contributed by atoms with Gasteiger partial charge < -0.3 is 23.4 Å². The van der Waals surface area contributed by atoms with Crippen molar-refractivity contribution in [2.45, 2.75) is 297 Å². The monoisotopic (exact) mass is 973 g/mol. The maximum atomic E-state index is 12.9. The van der Waals surface area contributed by atoms with Gasteiger partial charge in [0.15, 0.2) is 14.4 Å². The second-order valence-electron chi connectivity index (χ2n) is 21.3. The topological polar surface area (TPSA) is 114 Å². The highest BCUT2D eigenvalue weighted by Gasteiger charge is 2.37. The molecule has 394 valence electrons. The number of hydrogen-bond acceptors (Lipinski definition) is 9. The summed E-state index contributed by atoms with van der Waals surface area (Å²) in [6.45, 7) is 16.0. The summed E-state index contributed by atoms with van der Waals surface area (Å²) in [7, 11) is -1.84. The highest BCUT2D eigenvalue weighted by atomic mass is 28.4. The fourth-order valence-corrected chi connectivity index (χ4v) is 8.97. The predicted octanol–water partition coefficient (Wildman–Crippen LogP) is 17.2. The van der Waals surface area contributed by atoms with Gasteiger partial charge >= 0.3 is 23.9 Å². The first-order chi connectivity index (χ1) is 32.8. The molecule has 0 amide bonds. The summed E-state index contributed by atoms with van der Waals surface area (Å²) in [4.78, 5) is 50.6. The Morgan fingerprint density at radius 1 is 0.441 bits per heavy atom. The molecule has 10 heteroatoms. The molecule has 0 saturated carbocycles. The van der Waals surface area contributed by atoms with Crippen molar-refractivity contribution in [1.82, 2.24) is 0 Å². The Labute approximate surface area is 418 Å². The number of hydrogen-bond donors (Lipinski definition) is 0. The van der Waals surface area contributed by atoms with Gasteiger partial charge in [-0.25, -0.2) is 0 Å². The first-order valence-corrected chi connectivity index (χ1v) is 31.1. The zero-order chi connectivity index (χ0) is 50.0. The van der Waals surface area contributed by atoms with E-state index in [0.717, 1.165) is 76.2 Å². The summed E-state index contributed by atoms with van der Waals surface area (Å²) in [5, 5.41) is 0.150. The quantitative estimate of drug-likeness (QED) is 0.0207. The Morgan fingerprint density at radius 2 is 0.750 bits per heavy atom. The van der Waals surface area contributed by atoms with Gasteiger partial charge in [-0.15, -0.1) is 0 Å². The number of ether oxygens (including phenoxy) is 4. The summed E-state index contributed by atoms with van der Waals surface area (Å²) in [5.41, 5.74) is 1.06. The van der Waals surface area contributed by atoms with Crippen molar-refractivity contribution in [1.29, 1.82) is 0 Å². The van der Waals surface area contributed by atoms with E-state index in [1.165, 1.54) is 128 Å². The van der Waals surface area contributed by atoms with Gasteiger partial charge in [-0.3, -0.25) is 19.2 Å². The number of carbonyl (C=O) groups is 4. The molecule has 0 unspecified atom stereocenters. The van der Waals surface area contributed by atoms with Gasteiger partial charge in [0.25, 0.3) is 0 Å². The van der Waals surface area contributed by atoms with Crippen molar-refractivity contribution in [3.05, 3.63) is 29.8 Å². The molecule has 0 heterocycles. The Hall–Kier alpha value is -2.72. The Balaban J connectivity index is 2.36. The van der Waals surface area contributed by atoms with E-state index in [1.807, 2.05) is 24.3 Å². The summed E-state index contributed by atoms with van der Waals surface area (Å²) in [6, 6.07) is 7.58. The normalized spacial score (nSPS) is 11.8. The minimum Gasteiger partial charge on any atom is -0.462 e. The number of rotatable bonds is 46. The Bertz CT molecular complexity index is 1340. The minimum absolute atomic E-state index is 0.116. The smallest absolute Gasteiger partial charge is 0.311 e. The van der Waals surface area contributed by atoms with E-state index >= 15 is 0 Å². The van der Waals surface area contributed by atoms with E-state index in [4.69, 9.17) is 23.4 Å². The van der Waals surface area contributed by atoms with Gasteiger partial charge in [0.05, 0.1) is 6.61 Å². The van der Waals surface area contributed by atoms with Crippen LogP contribution in [0.25, 0.3) is 0 Å². The first kappa shape index (κ1) is 63.3. The molecule has 0 bridgehead atoms. The summed E-state index contributed by atoms with van der Waals surface area (Å²) < 4.78 is 28.7. The molecule has 0 aliphatic carbocycles. The van der Waals surface area contributed by atoms with E-state index in [2.05, 4.69) is 47.7 Å². The molecule has 9 nitrogen and oxygen atoms in total. The van der Waals surface area contributed by atoms with Crippen LogP contribution < -0.4 is 4.74 Å². The third-order valence-corrected chi connectivity index (χ3v) is 18.2. The molecule has 0 aliphatic heterocycles. The molecule has 1 aromatic carbocycles. The van der Waals surface area contributed by atoms with E-state index in [1.54, 1.807) is 0 Å². The van der Waals surface area contributed by atoms with Crippen molar-refractivity contribution >= 4 is 32.2 Å². The van der Waals surface area contributed by atoms with E-state index in [0.29, 0.717) is 38.0 Å². The molecule has 1 aromatic rings. The summed E-state index contributed by atoms with van der Waals surface area (Å²) in [5.74, 6) is -0.681. The van der Waals surface area contributed by atoms with Gasteiger partial charge in [0.2, 0.25) is 0 Å². The summed E-state index contributed by atoms with van der Waals surface area (Å²) >= 11 is 0. The van der Waals surface area contributed by atoms with Crippen molar-refractivity contribution in [2.75, 3.05) is 13.2 Å². The molecule has 0 atom stereocenters. The van der Waals surface area contributed by atoms with Crippen molar-refractivity contribution in [3.63, 3.8) is 0 Å². The minimum atomic E-state index is -1.84. The van der Waals surface area contributed by atoms with Crippen molar-refractivity contribution in [3.8, 4) is 5.75 Å². The van der Waals surface area contributed by atoms with Crippen LogP contribution >= 0.6 is 0 Å². The molecule has 68 heavy (non-hydrogen) atoms. The van der Waals surface area contributed by atoms with Gasteiger partial charge in [0, 0.05) is 25.7 Å². The number of benzene rings is 1. The second kappa shape index (κ2) is 42.0. The van der Waals surface area contributed by atoms with E-state index in [9.17, 15) is 19.2 Å². The highest BCUT2D eigenvalue weighted by molar-refractivity contribution is 6.74. The zero-order valence-corrected chi connectivity index (χ0v) is 46.1. The van der Waals surface area contributed by atoms with Gasteiger partial charge in [0.1, 0.15) is 19.0 Å². The van der Waals surface area contributed by atoms with Crippen LogP contribution in [0.4, 0.5) is 0 Å². The Kier molecular flexibility index (Phi) is 39.1. The standard InChI is InChI=1S/C58H104O9Si/c1-8-10-12-14-16-18-20-22-24-26-28-32-36-40-54(59)63-49-53(50-64-55(60)41-37-33-29-27-25-23-21-19-17-15-13-11-9-2)67-57(62)43-39-35-31-30-34-38-42-56(61)66-52-46-44-51(45-47-52)48-65-68(6,7)58(3,4)5/h44-47,53H,8-43,48-50H2,1-7H3. The van der Waals surface area contributed by atoms with Crippen LogP contribution in [-0.2, 0) is 44.4 Å². The lowest BCUT2D eigenvalue weighted by molar-refractivity contribution is -0.167. The molecule has 0 aliphatic rings. The van der Waals surface area contributed by atoms with Crippen LogP contribution in [0, 0.1) is 0 Å². The third-order valence-electron chi connectivity index (χ3n) is 13.7. The zero-order valence-electron chi connectivity index (χ0n) is 45.1. The van der Waals surface area contributed by atoms with Crippen molar-refractivity contribution in [2.24, 2.45) is 0 Å². The van der Waals surface area contributed by atoms with Crippen LogP contribution in [0.5, 0.6) is 5.75 Å². The number of unbranched alkanes of at least 4 members (excludes halogenated alkanes) is 29. The molecular weight excluding hydrogens is 869 g/mol. The molecule has 0 aromatic heterocycles. The van der Waals surface area contributed by atoms with E-state index < -0.39 is 14.4 Å². The SMILES string of the molecule is CCCCCCCCCCCCCCCC(=O)OCC(COC(=O)CCCCCCCCCCCCCCC)OC(=O)CCCCCCCCC(=O)Oc1ccc(CO[Si](C)(C)C(C)(C)C)cc1. The fourth-order valence-electron chi connectivity index (χ4n) is 8.01. The van der Waals surface area contributed by atoms with Crippen LogP contribution in [0.2, 0.25) is 18.1 Å². The maximum absolute atomic E-state index is 12.9. The van der Waals surface area contributed by atoms with Crippen LogP contribution in [-0.4, -0.2) is 51.5 Å². The predicted molar refractivity (Wildman–Crippen MR) is 283 cm³/mol. The van der Waals surface area contributed by atoms with Gasteiger partial charge in [-0.05, 0) is 61.5 Å². The lowest BCUT2D eigenvalue weighted by Gasteiger charge is -2.36. The lowest BCUT2D eigenvalue weighted by atomic mass is 10.0. The van der Waals surface area contributed by atoms with Crippen LogP contribution in [0.1, 0.15) is 271 Å². The third kappa shape index (κ3) is 37.2. The van der Waals surface area contributed by atoms with Gasteiger partial charge in [-0.1, -0.05) is 227 Å². The summed E-state index contributed by atoms with van der Waals surface area (Å²) in [6.07, 6.45) is 37.7. The average Bonchev–Trinajstić information content (AvgIpc) is 3.30. The highest BCUT2D eigenvalue weighted by Crippen LogP contribution is 2.37. The average molecular weight is 974 g/mol. The molecule has 0 saturated heterocycles. The van der Waals surface area contributed by atoms with Gasteiger partial charge in [-0.2, -0.15) is 0 Å². The molecule has 0 fully saturated rings. The Morgan fingerprint density at radius 3 is 1.09 bits per heavy atom. The van der Waals surface area contributed by atoms with Crippen molar-refractivity contribution < 1.29 is 42.6 Å². The lowest BCUT2D eigenvalue weighted by Crippen LogP contribution is -2.40. The molecule has 1 rings (SSSR count). The molecular formula is C58H104O9Si. The molecule has 0 radical (unpaired) electrons.